The average molecular weight is 1440 g/mol. The largest absolute Gasteiger partial charge is 0.481 e. The number of amides is 9. The number of aliphatic carboxylic acids is 6. The van der Waals surface area contributed by atoms with Crippen LogP contribution in [0.3, 0.4) is 0 Å². The first-order chi connectivity index (χ1) is 47.9. The molecule has 8 atom stereocenters. The Morgan fingerprint density at radius 2 is 1.02 bits per heavy atom. The van der Waals surface area contributed by atoms with Crippen molar-refractivity contribution in [2.24, 2.45) is 0 Å². The lowest BCUT2D eigenvalue weighted by molar-refractivity contribution is -0.144. The Labute approximate surface area is 580 Å². The number of nitrogen functional groups attached to an aromatic ring is 1. The predicted octanol–water partition coefficient (Wildman–Crippen LogP) is -2.36. The van der Waals surface area contributed by atoms with Crippen LogP contribution < -0.4 is 64.5 Å². The summed E-state index contributed by atoms with van der Waals surface area (Å²) in [4.78, 5) is 221. The minimum Gasteiger partial charge on any atom is -0.481 e. The molecule has 3 aromatic carbocycles. The van der Waals surface area contributed by atoms with Crippen LogP contribution in [0, 0.1) is 0 Å². The number of thioether (sulfide) groups is 1. The number of nitrogens with two attached hydrogens (primary N) is 1. The van der Waals surface area contributed by atoms with E-state index in [0.717, 1.165) is 22.3 Å². The van der Waals surface area contributed by atoms with E-state index in [-0.39, 0.29) is 53.7 Å². The van der Waals surface area contributed by atoms with Crippen LogP contribution in [0.5, 0.6) is 0 Å². The summed E-state index contributed by atoms with van der Waals surface area (Å²) in [7, 11) is 0. The molecule has 0 saturated heterocycles. The molecule has 0 saturated carbocycles. The maximum Gasteiger partial charge on any atom is 0.327 e. The highest BCUT2D eigenvalue weighted by Crippen LogP contribution is 2.45. The third kappa shape index (κ3) is 23.5. The molecule has 538 valence electrons. The molecule has 1 aliphatic rings. The van der Waals surface area contributed by atoms with Gasteiger partial charge >= 0.3 is 35.8 Å². The van der Waals surface area contributed by atoms with E-state index in [1.165, 1.54) is 49.1 Å². The fraction of sp³-hybridized carbons (Fsp3) is 0.371. The van der Waals surface area contributed by atoms with E-state index in [1.54, 1.807) is 0 Å². The third-order valence-corrected chi connectivity index (χ3v) is 16.6. The minimum atomic E-state index is -2.28. The molecule has 19 N–H and O–H groups in total. The quantitative estimate of drug-likeness (QED) is 0.0144. The van der Waals surface area contributed by atoms with Gasteiger partial charge < -0.3 is 89.5 Å². The van der Waals surface area contributed by atoms with Crippen LogP contribution in [-0.4, -0.2) is 212 Å². The van der Waals surface area contributed by atoms with Crippen molar-refractivity contribution in [3.05, 3.63) is 112 Å². The highest BCUT2D eigenvalue weighted by Gasteiger charge is 2.37. The predicted molar refractivity (Wildman–Crippen MR) is 357 cm³/mol. The van der Waals surface area contributed by atoms with E-state index in [0.29, 0.717) is 17.1 Å². The first kappa shape index (κ1) is 78.2. The first-order valence-corrected chi connectivity index (χ1v) is 32.5. The van der Waals surface area contributed by atoms with Gasteiger partial charge in [0.15, 0.2) is 11.2 Å². The minimum absolute atomic E-state index is 0.0137. The van der Waals surface area contributed by atoms with Crippen LogP contribution in [-0.2, 0) is 73.7 Å². The Hall–Kier alpha value is -11.8. The summed E-state index contributed by atoms with van der Waals surface area (Å²) in [5.74, 6) is -21.2. The van der Waals surface area contributed by atoms with Crippen LogP contribution >= 0.6 is 24.4 Å². The molecule has 0 unspecified atom stereocenters. The number of aromatic nitrogens is 4. The number of carboxylic acids is 6. The van der Waals surface area contributed by atoms with E-state index >= 15 is 0 Å². The molecule has 0 radical (unpaired) electrons. The van der Waals surface area contributed by atoms with Gasteiger partial charge in [0, 0.05) is 53.8 Å². The van der Waals surface area contributed by atoms with Crippen LogP contribution in [0.15, 0.2) is 83.8 Å². The smallest absolute Gasteiger partial charge is 0.327 e. The second-order valence-corrected chi connectivity index (χ2v) is 24.0. The highest BCUT2D eigenvalue weighted by molar-refractivity contribution is 7.99. The van der Waals surface area contributed by atoms with Crippen LogP contribution in [0.2, 0.25) is 0 Å². The lowest BCUT2D eigenvalue weighted by atomic mass is 9.99. The zero-order valence-electron chi connectivity index (χ0n) is 53.4. The molecular formula is C62H71N15O22S2. The number of anilines is 2. The number of carboxylic acid groups (broad SMARTS) is 6. The Bertz CT molecular complexity index is 4000. The number of hydrogen-bond acceptors (Lipinski definition) is 23. The first-order valence-electron chi connectivity index (χ1n) is 30.7. The molecule has 2 aromatic heterocycles. The van der Waals surface area contributed by atoms with Gasteiger partial charge in [-0.1, -0.05) is 55.5 Å². The summed E-state index contributed by atoms with van der Waals surface area (Å²) in [6, 6.07) is 5.49. The molecule has 0 fully saturated rings. The Morgan fingerprint density at radius 1 is 0.554 bits per heavy atom. The fourth-order valence-electron chi connectivity index (χ4n) is 10.1. The topological polar surface area (TPSA) is 595 Å². The van der Waals surface area contributed by atoms with Gasteiger partial charge in [-0.25, -0.2) is 19.6 Å². The average Bonchev–Trinajstić information content (AvgIpc) is 1.62. The number of thiol groups is 1. The van der Waals surface area contributed by atoms with Gasteiger partial charge in [-0.05, 0) is 59.4 Å². The van der Waals surface area contributed by atoms with Crippen molar-refractivity contribution >= 4 is 136 Å². The number of rotatable bonds is 40. The zero-order chi connectivity index (χ0) is 74.2. The number of nitrogens with zero attached hydrogens (tertiary/aromatic N) is 3. The normalized spacial score (nSPS) is 13.8. The van der Waals surface area contributed by atoms with Gasteiger partial charge in [-0.3, -0.25) is 72.1 Å². The highest BCUT2D eigenvalue weighted by atomic mass is 32.2. The van der Waals surface area contributed by atoms with E-state index in [4.69, 9.17) is 5.73 Å². The molecule has 1 aliphatic carbocycles. The summed E-state index contributed by atoms with van der Waals surface area (Å²) in [6.07, 6.45) is -5.50. The number of benzene rings is 3. The molecule has 5 aromatic rings. The van der Waals surface area contributed by atoms with E-state index in [9.17, 15) is 107 Å². The standard InChI is InChI=1S/C62H71N15O22S2/c1-2-36(69-54(90)38(19-46(80)81)68-45(79)16-15-37(60(96)97)70-52(88)28-11-13-29(14-12-28)64-23-30-24-66-51-50(67-30)59(95)77-62(63)76-51)53(89)71-39(20-47(82)83)55(91)72-40(21-48(84)85)56(92)74-42(58(94)73-41(22-49(86)87)57(93)75-43(26-100)61(98)99)25-65-44(78)17-18-101-27-35-33-9-5-3-7-31(33)32-8-4-6-10-34(32)35/h3-14,24,35-43,64,100H,2,15-23,25-27H2,1H3,(H,65,78)(H,68,79)(H,69,90)(H,70,88)(H,71,89)(H,72,91)(H,73,94)(H,74,92)(H,75,93)(H,80,81)(H,82,83)(H,84,85)(H,86,87)(H,96,97)(H,98,99)(H3,63,66,76,77,95)/t36-,37-,38-,39-,40-,41-,42-,43-/m0/s1. The summed E-state index contributed by atoms with van der Waals surface area (Å²) in [5.41, 5.74) is 10.0. The maximum atomic E-state index is 14.1. The summed E-state index contributed by atoms with van der Waals surface area (Å²) < 4.78 is 0. The van der Waals surface area contributed by atoms with Gasteiger partial charge in [0.1, 0.15) is 48.3 Å². The zero-order valence-corrected chi connectivity index (χ0v) is 55.1. The number of carbonyl (C=O) groups excluding carboxylic acids is 9. The summed E-state index contributed by atoms with van der Waals surface area (Å²) in [5, 5.41) is 80.6. The molecule has 37 nitrogen and oxygen atoms in total. The van der Waals surface area contributed by atoms with Gasteiger partial charge in [0.2, 0.25) is 53.2 Å². The van der Waals surface area contributed by atoms with E-state index in [2.05, 4.69) is 69.8 Å². The Kier molecular flexibility index (Phi) is 28.9. The molecule has 0 spiro atoms. The molecule has 39 heteroatoms. The lowest BCUT2D eigenvalue weighted by Crippen LogP contribution is -2.62. The fourth-order valence-corrected chi connectivity index (χ4v) is 11.4. The molecule has 6 rings (SSSR count). The number of carbonyl (C=O) groups is 15. The van der Waals surface area contributed by atoms with Gasteiger partial charge in [0.25, 0.3) is 11.5 Å². The molecule has 0 aliphatic heterocycles. The van der Waals surface area contributed by atoms with Crippen molar-refractivity contribution in [1.82, 2.24) is 67.8 Å². The monoisotopic (exact) mass is 1440 g/mol. The second-order valence-electron chi connectivity index (χ2n) is 22.5. The molecule has 101 heavy (non-hydrogen) atoms. The maximum absolute atomic E-state index is 14.1. The Morgan fingerprint density at radius 3 is 1.51 bits per heavy atom. The van der Waals surface area contributed by atoms with Crippen molar-refractivity contribution in [3.8, 4) is 11.1 Å². The summed E-state index contributed by atoms with van der Waals surface area (Å²) >= 11 is 5.27. The number of nitrogens with one attached hydrogen (secondary N) is 11. The van der Waals surface area contributed by atoms with E-state index in [1.807, 2.05) is 64.5 Å². The summed E-state index contributed by atoms with van der Waals surface area (Å²) in [6.45, 7) is 0.502. The SMILES string of the molecule is CC[C@H](NC(=O)[C@H](CC(=O)O)NC(=O)CC[C@H](NC(=O)c1ccc(NCc2cnc3nc(N)[nH]c(=O)c3n2)cc1)C(=O)O)C(=O)N[C@@H](CC(=O)O)C(=O)N[C@@H](CC(=O)O)C(=O)N[C@@H](CNC(=O)CCSCC1c2ccccc2-c2ccccc21)C(=O)N[C@@H](CC(=O)O)C(=O)N[C@@H](CS)C(=O)O. The molecule has 2 heterocycles. The molecular weight excluding hydrogens is 1370 g/mol. The number of hydrogen-bond donors (Lipinski definition) is 19. The van der Waals surface area contributed by atoms with Crippen molar-refractivity contribution in [2.45, 2.75) is 119 Å². The molecule has 0 bridgehead atoms. The molecule has 9 amide bonds. The van der Waals surface area contributed by atoms with Crippen LogP contribution in [0.1, 0.15) is 91.4 Å². The van der Waals surface area contributed by atoms with Gasteiger partial charge in [0.05, 0.1) is 44.1 Å². The Balaban J connectivity index is 1.08. The number of fused-ring (bicyclic) bond motifs is 4. The van der Waals surface area contributed by atoms with Crippen LogP contribution in [0.25, 0.3) is 22.3 Å². The van der Waals surface area contributed by atoms with Crippen molar-refractivity contribution in [1.29, 1.82) is 0 Å². The van der Waals surface area contributed by atoms with Crippen molar-refractivity contribution in [2.75, 3.05) is 34.9 Å². The second kappa shape index (κ2) is 37.3. The van der Waals surface area contributed by atoms with Gasteiger partial charge in [-0.15, -0.1) is 0 Å². The number of H-pyrrole nitrogens is 1. The van der Waals surface area contributed by atoms with Crippen molar-refractivity contribution in [3.63, 3.8) is 0 Å². The van der Waals surface area contributed by atoms with E-state index < -0.39 is 194 Å². The van der Waals surface area contributed by atoms with Gasteiger partial charge in [-0.2, -0.15) is 29.4 Å². The third-order valence-electron chi connectivity index (χ3n) is 15.1. The van der Waals surface area contributed by atoms with Crippen LogP contribution in [0.4, 0.5) is 11.6 Å². The number of aromatic amines is 1. The van der Waals surface area contributed by atoms with Crippen molar-refractivity contribution < 1.29 is 103 Å². The lowest BCUT2D eigenvalue weighted by Gasteiger charge is -2.27.